The van der Waals surface area contributed by atoms with Gasteiger partial charge in [0.05, 0.1) is 0 Å². The summed E-state index contributed by atoms with van der Waals surface area (Å²) in [5, 5.41) is 0. The first-order valence-electron chi connectivity index (χ1n) is 5.32. The third-order valence-corrected chi connectivity index (χ3v) is 3.15. The van der Waals surface area contributed by atoms with Gasteiger partial charge in [-0.2, -0.15) is 0 Å². The largest absolute Gasteiger partial charge is 0.294 e. The molecule has 1 aromatic rings. The van der Waals surface area contributed by atoms with Crippen molar-refractivity contribution < 1.29 is 4.79 Å². The van der Waals surface area contributed by atoms with Gasteiger partial charge in [-0.1, -0.05) is 38.1 Å². The van der Waals surface area contributed by atoms with Gasteiger partial charge in [0.15, 0.2) is 5.78 Å². The maximum atomic E-state index is 12.1. The lowest BCUT2D eigenvalue weighted by atomic mass is 9.77. The van der Waals surface area contributed by atoms with E-state index in [2.05, 4.69) is 19.9 Å². The fourth-order valence-corrected chi connectivity index (χ4v) is 2.26. The van der Waals surface area contributed by atoms with Crippen LogP contribution in [0.5, 0.6) is 0 Å². The van der Waals surface area contributed by atoms with E-state index in [1.165, 1.54) is 5.56 Å². The zero-order valence-electron chi connectivity index (χ0n) is 8.79. The SMILES string of the molecule is CC(C)[C@H]1CCc2ccccc2C1=O. The third-order valence-electron chi connectivity index (χ3n) is 3.15. The number of hydrogen-bond donors (Lipinski definition) is 0. The van der Waals surface area contributed by atoms with Crippen molar-refractivity contribution in [2.24, 2.45) is 11.8 Å². The van der Waals surface area contributed by atoms with Crippen LogP contribution in [0.1, 0.15) is 36.2 Å². The molecule has 14 heavy (non-hydrogen) atoms. The Bertz CT molecular complexity index is 352. The molecule has 1 aliphatic carbocycles. The molecule has 0 amide bonds. The maximum Gasteiger partial charge on any atom is 0.166 e. The van der Waals surface area contributed by atoms with Crippen molar-refractivity contribution in [2.75, 3.05) is 0 Å². The van der Waals surface area contributed by atoms with Gasteiger partial charge in [-0.15, -0.1) is 0 Å². The van der Waals surface area contributed by atoms with Crippen molar-refractivity contribution in [3.8, 4) is 0 Å². The molecule has 2 rings (SSSR count). The predicted octanol–water partition coefficient (Wildman–Crippen LogP) is 3.09. The molecule has 1 heteroatoms. The Morgan fingerprint density at radius 2 is 2.00 bits per heavy atom. The number of benzene rings is 1. The number of rotatable bonds is 1. The van der Waals surface area contributed by atoms with E-state index in [4.69, 9.17) is 0 Å². The van der Waals surface area contributed by atoms with E-state index in [0.717, 1.165) is 18.4 Å². The summed E-state index contributed by atoms with van der Waals surface area (Å²) in [7, 11) is 0. The number of fused-ring (bicyclic) bond motifs is 1. The molecule has 0 aliphatic heterocycles. The second kappa shape index (κ2) is 3.56. The summed E-state index contributed by atoms with van der Waals surface area (Å²) >= 11 is 0. The molecule has 1 atom stereocenters. The minimum atomic E-state index is 0.241. The fraction of sp³-hybridized carbons (Fsp3) is 0.462. The molecule has 0 fully saturated rings. The van der Waals surface area contributed by atoms with E-state index in [1.807, 2.05) is 18.2 Å². The Morgan fingerprint density at radius 1 is 1.29 bits per heavy atom. The highest BCUT2D eigenvalue weighted by Gasteiger charge is 2.28. The minimum Gasteiger partial charge on any atom is -0.294 e. The second-order valence-electron chi connectivity index (χ2n) is 4.41. The molecule has 1 nitrogen and oxygen atoms in total. The van der Waals surface area contributed by atoms with Crippen LogP contribution in [0.15, 0.2) is 24.3 Å². The van der Waals surface area contributed by atoms with Gasteiger partial charge in [-0.05, 0) is 24.3 Å². The van der Waals surface area contributed by atoms with Crippen LogP contribution in [0, 0.1) is 11.8 Å². The van der Waals surface area contributed by atoms with Gasteiger partial charge in [0, 0.05) is 11.5 Å². The molecule has 0 saturated carbocycles. The number of ketones is 1. The highest BCUT2D eigenvalue weighted by atomic mass is 16.1. The van der Waals surface area contributed by atoms with E-state index < -0.39 is 0 Å². The quantitative estimate of drug-likeness (QED) is 0.662. The molecular formula is C13H16O. The van der Waals surface area contributed by atoms with Gasteiger partial charge in [0.2, 0.25) is 0 Å². The monoisotopic (exact) mass is 188 g/mol. The van der Waals surface area contributed by atoms with Crippen LogP contribution in [0.25, 0.3) is 0 Å². The van der Waals surface area contributed by atoms with Gasteiger partial charge >= 0.3 is 0 Å². The maximum absolute atomic E-state index is 12.1. The first-order chi connectivity index (χ1) is 6.70. The van der Waals surface area contributed by atoms with Crippen LogP contribution in [0.3, 0.4) is 0 Å². The molecule has 0 spiro atoms. The summed E-state index contributed by atoms with van der Waals surface area (Å²) in [6.07, 6.45) is 2.08. The lowest BCUT2D eigenvalue weighted by Crippen LogP contribution is -2.26. The van der Waals surface area contributed by atoms with E-state index >= 15 is 0 Å². The molecule has 0 heterocycles. The third kappa shape index (κ3) is 1.47. The van der Waals surface area contributed by atoms with E-state index in [0.29, 0.717) is 11.7 Å². The van der Waals surface area contributed by atoms with Gasteiger partial charge in [0.1, 0.15) is 0 Å². The molecule has 0 bridgehead atoms. The lowest BCUT2D eigenvalue weighted by molar-refractivity contribution is 0.0864. The first kappa shape index (κ1) is 9.45. The molecule has 0 unspecified atom stereocenters. The zero-order chi connectivity index (χ0) is 10.1. The number of hydrogen-bond acceptors (Lipinski definition) is 1. The molecule has 1 aromatic carbocycles. The molecule has 0 N–H and O–H groups in total. The Hall–Kier alpha value is -1.11. The summed E-state index contributed by atoms with van der Waals surface area (Å²) in [5.41, 5.74) is 2.19. The van der Waals surface area contributed by atoms with Crippen molar-refractivity contribution in [2.45, 2.75) is 26.7 Å². The van der Waals surface area contributed by atoms with Crippen molar-refractivity contribution in [3.63, 3.8) is 0 Å². The topological polar surface area (TPSA) is 17.1 Å². The van der Waals surface area contributed by atoms with Crippen LogP contribution in [-0.2, 0) is 6.42 Å². The second-order valence-corrected chi connectivity index (χ2v) is 4.41. The van der Waals surface area contributed by atoms with Crippen molar-refractivity contribution in [1.29, 1.82) is 0 Å². The standard InChI is InChI=1S/C13H16O/c1-9(2)11-8-7-10-5-3-4-6-12(10)13(11)14/h3-6,9,11H,7-8H2,1-2H3/t11-/m1/s1. The van der Waals surface area contributed by atoms with Gasteiger partial charge < -0.3 is 0 Å². The number of carbonyl (C=O) groups is 1. The van der Waals surface area contributed by atoms with E-state index in [1.54, 1.807) is 0 Å². The van der Waals surface area contributed by atoms with Gasteiger partial charge in [0.25, 0.3) is 0 Å². The summed E-state index contributed by atoms with van der Waals surface area (Å²) in [6.45, 7) is 4.27. The molecule has 74 valence electrons. The molecule has 1 aliphatic rings. The van der Waals surface area contributed by atoms with Crippen LogP contribution in [0.4, 0.5) is 0 Å². The average molecular weight is 188 g/mol. The highest BCUT2D eigenvalue weighted by molar-refractivity contribution is 6.00. The smallest absolute Gasteiger partial charge is 0.166 e. The summed E-state index contributed by atoms with van der Waals surface area (Å²) in [5.74, 6) is 1.06. The van der Waals surface area contributed by atoms with Gasteiger partial charge in [-0.3, -0.25) is 4.79 Å². The number of carbonyl (C=O) groups excluding carboxylic acids is 1. The van der Waals surface area contributed by atoms with Crippen LogP contribution in [0.2, 0.25) is 0 Å². The minimum absolute atomic E-state index is 0.241. The van der Waals surface area contributed by atoms with Crippen LogP contribution >= 0.6 is 0 Å². The number of Topliss-reactive ketones (excluding diaryl/α,β-unsaturated/α-hetero) is 1. The normalized spacial score (nSPS) is 21.1. The van der Waals surface area contributed by atoms with E-state index in [-0.39, 0.29) is 5.92 Å². The zero-order valence-corrected chi connectivity index (χ0v) is 8.79. The predicted molar refractivity (Wildman–Crippen MR) is 57.4 cm³/mol. The Labute approximate surface area is 85.1 Å². The summed E-state index contributed by atoms with van der Waals surface area (Å²) in [4.78, 5) is 12.1. The Morgan fingerprint density at radius 3 is 2.71 bits per heavy atom. The molecule has 0 saturated heterocycles. The van der Waals surface area contributed by atoms with Crippen molar-refractivity contribution in [1.82, 2.24) is 0 Å². The average Bonchev–Trinajstić information content (AvgIpc) is 2.18. The van der Waals surface area contributed by atoms with Crippen LogP contribution in [-0.4, -0.2) is 5.78 Å². The molecular weight excluding hydrogens is 172 g/mol. The first-order valence-corrected chi connectivity index (χ1v) is 5.32. The lowest BCUT2D eigenvalue weighted by Gasteiger charge is -2.25. The Balaban J connectivity index is 2.37. The fourth-order valence-electron chi connectivity index (χ4n) is 2.26. The summed E-state index contributed by atoms with van der Waals surface area (Å²) in [6, 6.07) is 8.01. The van der Waals surface area contributed by atoms with Crippen molar-refractivity contribution in [3.05, 3.63) is 35.4 Å². The Kier molecular flexibility index (Phi) is 2.40. The summed E-state index contributed by atoms with van der Waals surface area (Å²) < 4.78 is 0. The molecule has 0 radical (unpaired) electrons. The van der Waals surface area contributed by atoms with Crippen molar-refractivity contribution >= 4 is 5.78 Å². The van der Waals surface area contributed by atoms with Crippen LogP contribution < -0.4 is 0 Å². The van der Waals surface area contributed by atoms with E-state index in [9.17, 15) is 4.79 Å². The number of aryl methyl sites for hydroxylation is 1. The van der Waals surface area contributed by atoms with Gasteiger partial charge in [-0.25, -0.2) is 0 Å². The molecule has 0 aromatic heterocycles. The highest BCUT2D eigenvalue weighted by Crippen LogP contribution is 2.29.